The summed E-state index contributed by atoms with van der Waals surface area (Å²) in [5, 5.41) is 14.9. The lowest BCUT2D eigenvalue weighted by Gasteiger charge is -2.23. The molecule has 0 saturated heterocycles. The smallest absolute Gasteiger partial charge is 0.247 e. The molecule has 0 spiro atoms. The zero-order chi connectivity index (χ0) is 20.5. The standard InChI is InChI=1S/C23H20N4O2S/c1-3-28-18-13-12-14-8-4-5-9-15(14)19(18)21-24-17-11-7-6-10-16(17)20-22(29-21)25-23(30-2)27-26-20/h4-13,21,24H,3H2,1-2H3/t21-/m1/s1. The number of benzene rings is 3. The molecule has 150 valence electrons. The van der Waals surface area contributed by atoms with Crippen molar-refractivity contribution >= 4 is 28.2 Å². The highest BCUT2D eigenvalue weighted by atomic mass is 32.2. The number of hydrogen-bond acceptors (Lipinski definition) is 7. The normalized spacial score (nSPS) is 14.8. The van der Waals surface area contributed by atoms with Crippen LogP contribution in [0.3, 0.4) is 0 Å². The summed E-state index contributed by atoms with van der Waals surface area (Å²) in [5.41, 5.74) is 3.36. The number of nitrogens with zero attached hydrogens (tertiary/aromatic N) is 3. The van der Waals surface area contributed by atoms with Gasteiger partial charge in [-0.2, -0.15) is 4.98 Å². The zero-order valence-electron chi connectivity index (χ0n) is 16.6. The van der Waals surface area contributed by atoms with Gasteiger partial charge in [0.25, 0.3) is 0 Å². The van der Waals surface area contributed by atoms with Crippen LogP contribution in [0.2, 0.25) is 0 Å². The second-order valence-corrected chi connectivity index (χ2v) is 7.54. The Bertz CT molecular complexity index is 1230. The predicted molar refractivity (Wildman–Crippen MR) is 119 cm³/mol. The molecule has 3 aromatic carbocycles. The summed E-state index contributed by atoms with van der Waals surface area (Å²) in [7, 11) is 0. The molecule has 0 aliphatic carbocycles. The molecule has 1 aliphatic heterocycles. The molecule has 4 aromatic rings. The first-order chi connectivity index (χ1) is 14.8. The number of rotatable bonds is 4. The van der Waals surface area contributed by atoms with E-state index < -0.39 is 6.23 Å². The fourth-order valence-corrected chi connectivity index (χ4v) is 3.99. The topological polar surface area (TPSA) is 69.2 Å². The van der Waals surface area contributed by atoms with Crippen LogP contribution in [0.1, 0.15) is 18.7 Å². The summed E-state index contributed by atoms with van der Waals surface area (Å²) in [6, 6.07) is 20.2. The van der Waals surface area contributed by atoms with E-state index in [1.807, 2.05) is 55.6 Å². The minimum atomic E-state index is -0.508. The first-order valence-electron chi connectivity index (χ1n) is 9.74. The van der Waals surface area contributed by atoms with Gasteiger partial charge in [-0.1, -0.05) is 60.3 Å². The van der Waals surface area contributed by atoms with Crippen LogP contribution in [0.25, 0.3) is 22.0 Å². The Morgan fingerprint density at radius 1 is 1.03 bits per heavy atom. The van der Waals surface area contributed by atoms with Gasteiger partial charge in [0.1, 0.15) is 5.75 Å². The van der Waals surface area contributed by atoms with Gasteiger partial charge in [0, 0.05) is 11.3 Å². The largest absolute Gasteiger partial charge is 0.493 e. The summed E-state index contributed by atoms with van der Waals surface area (Å²) >= 11 is 1.43. The summed E-state index contributed by atoms with van der Waals surface area (Å²) in [4.78, 5) is 4.61. The molecule has 0 saturated carbocycles. The van der Waals surface area contributed by atoms with E-state index >= 15 is 0 Å². The average molecular weight is 417 g/mol. The number of anilines is 1. The fourth-order valence-electron chi connectivity index (χ4n) is 3.69. The Morgan fingerprint density at radius 2 is 1.87 bits per heavy atom. The molecule has 0 fully saturated rings. The lowest BCUT2D eigenvalue weighted by Crippen LogP contribution is -2.19. The SMILES string of the molecule is CCOc1ccc2ccccc2c1[C@@H]1Nc2ccccc2-c2nnc(SC)nc2O1. The van der Waals surface area contributed by atoms with Crippen LogP contribution in [0, 0.1) is 0 Å². The number of para-hydroxylation sites is 1. The molecule has 0 amide bonds. The van der Waals surface area contributed by atoms with E-state index in [1.54, 1.807) is 0 Å². The molecule has 5 rings (SSSR count). The van der Waals surface area contributed by atoms with Gasteiger partial charge in [-0.05, 0) is 36.1 Å². The lowest BCUT2D eigenvalue weighted by molar-refractivity contribution is 0.218. The van der Waals surface area contributed by atoms with Gasteiger partial charge in [0.05, 0.1) is 12.2 Å². The number of hydrogen-bond donors (Lipinski definition) is 1. The first-order valence-corrected chi connectivity index (χ1v) is 11.0. The van der Waals surface area contributed by atoms with Gasteiger partial charge in [0.15, 0.2) is 5.69 Å². The van der Waals surface area contributed by atoms with Crippen molar-refractivity contribution in [3.63, 3.8) is 0 Å². The second kappa shape index (κ2) is 7.84. The van der Waals surface area contributed by atoms with Crippen molar-refractivity contribution in [2.24, 2.45) is 0 Å². The Kier molecular flexibility index (Phi) is 4.88. The number of aromatic nitrogens is 3. The van der Waals surface area contributed by atoms with Crippen molar-refractivity contribution in [2.45, 2.75) is 18.3 Å². The van der Waals surface area contributed by atoms with E-state index in [9.17, 15) is 0 Å². The van der Waals surface area contributed by atoms with Crippen molar-refractivity contribution in [1.29, 1.82) is 0 Å². The quantitative estimate of drug-likeness (QED) is 0.452. The Balaban J connectivity index is 1.74. The van der Waals surface area contributed by atoms with Crippen LogP contribution in [0.4, 0.5) is 5.69 Å². The molecule has 2 heterocycles. The van der Waals surface area contributed by atoms with E-state index in [1.165, 1.54) is 11.8 Å². The molecule has 1 N–H and O–H groups in total. The van der Waals surface area contributed by atoms with E-state index in [2.05, 4.69) is 38.7 Å². The highest BCUT2D eigenvalue weighted by molar-refractivity contribution is 7.98. The van der Waals surface area contributed by atoms with Crippen molar-refractivity contribution in [3.8, 4) is 22.9 Å². The van der Waals surface area contributed by atoms with E-state index in [4.69, 9.17) is 9.47 Å². The van der Waals surface area contributed by atoms with Crippen LogP contribution >= 0.6 is 11.8 Å². The molecule has 1 aliphatic rings. The minimum Gasteiger partial charge on any atom is -0.493 e. The van der Waals surface area contributed by atoms with E-state index in [-0.39, 0.29) is 0 Å². The van der Waals surface area contributed by atoms with Crippen LogP contribution in [0.15, 0.2) is 65.8 Å². The van der Waals surface area contributed by atoms with Crippen LogP contribution in [-0.4, -0.2) is 28.0 Å². The molecule has 0 unspecified atom stereocenters. The molecule has 1 aromatic heterocycles. The third-order valence-electron chi connectivity index (χ3n) is 5.01. The molecular weight excluding hydrogens is 396 g/mol. The summed E-state index contributed by atoms with van der Waals surface area (Å²) in [6.07, 6.45) is 1.41. The number of nitrogens with one attached hydrogen (secondary N) is 1. The van der Waals surface area contributed by atoms with Gasteiger partial charge >= 0.3 is 0 Å². The third kappa shape index (κ3) is 3.21. The van der Waals surface area contributed by atoms with Crippen molar-refractivity contribution in [2.75, 3.05) is 18.2 Å². The maximum atomic E-state index is 6.45. The van der Waals surface area contributed by atoms with Gasteiger partial charge < -0.3 is 14.8 Å². The molecule has 0 bridgehead atoms. The van der Waals surface area contributed by atoms with E-state index in [0.29, 0.717) is 23.3 Å². The molecule has 0 radical (unpaired) electrons. The number of fused-ring (bicyclic) bond motifs is 4. The Morgan fingerprint density at radius 3 is 2.73 bits per heavy atom. The van der Waals surface area contributed by atoms with Gasteiger partial charge in [-0.25, -0.2) is 0 Å². The molecular formula is C23H20N4O2S. The fraction of sp³-hybridized carbons (Fsp3) is 0.174. The molecule has 1 atom stereocenters. The van der Waals surface area contributed by atoms with E-state index in [0.717, 1.165) is 33.3 Å². The zero-order valence-corrected chi connectivity index (χ0v) is 17.4. The Labute approximate surface area is 178 Å². The Hall–Kier alpha value is -3.32. The first kappa shape index (κ1) is 18.7. The highest BCUT2D eigenvalue weighted by Gasteiger charge is 2.29. The summed E-state index contributed by atoms with van der Waals surface area (Å²) in [6.45, 7) is 2.54. The maximum Gasteiger partial charge on any atom is 0.247 e. The molecule has 7 heteroatoms. The molecule has 6 nitrogen and oxygen atoms in total. The maximum absolute atomic E-state index is 6.45. The van der Waals surface area contributed by atoms with Crippen molar-refractivity contribution in [1.82, 2.24) is 15.2 Å². The third-order valence-corrected chi connectivity index (χ3v) is 5.55. The van der Waals surface area contributed by atoms with Gasteiger partial charge in [-0.3, -0.25) is 0 Å². The number of ether oxygens (including phenoxy) is 2. The predicted octanol–water partition coefficient (Wildman–Crippen LogP) is 5.32. The minimum absolute atomic E-state index is 0.451. The lowest BCUT2D eigenvalue weighted by atomic mass is 10.0. The van der Waals surface area contributed by atoms with Crippen LogP contribution in [0.5, 0.6) is 11.6 Å². The van der Waals surface area contributed by atoms with Crippen LogP contribution in [-0.2, 0) is 0 Å². The van der Waals surface area contributed by atoms with Gasteiger partial charge in [0.2, 0.25) is 17.3 Å². The second-order valence-electron chi connectivity index (χ2n) is 6.77. The average Bonchev–Trinajstić information content (AvgIpc) is 2.95. The summed E-state index contributed by atoms with van der Waals surface area (Å²) < 4.78 is 12.4. The number of thioether (sulfide) groups is 1. The summed E-state index contributed by atoms with van der Waals surface area (Å²) in [5.74, 6) is 1.23. The van der Waals surface area contributed by atoms with Crippen LogP contribution < -0.4 is 14.8 Å². The van der Waals surface area contributed by atoms with Gasteiger partial charge in [-0.15, -0.1) is 10.2 Å². The monoisotopic (exact) mass is 416 g/mol. The molecule has 30 heavy (non-hydrogen) atoms. The van der Waals surface area contributed by atoms with Crippen molar-refractivity contribution in [3.05, 3.63) is 66.2 Å². The highest BCUT2D eigenvalue weighted by Crippen LogP contribution is 2.43. The van der Waals surface area contributed by atoms with Crippen molar-refractivity contribution < 1.29 is 9.47 Å².